The van der Waals surface area contributed by atoms with E-state index < -0.39 is 20.0 Å². The van der Waals surface area contributed by atoms with Gasteiger partial charge in [-0.25, -0.2) is 22.0 Å². The zero-order chi connectivity index (χ0) is 19.7. The molecule has 3 rings (SSSR count). The van der Waals surface area contributed by atoms with Gasteiger partial charge in [-0.3, -0.25) is 9.52 Å². The van der Waals surface area contributed by atoms with Crippen LogP contribution in [0.4, 0.5) is 5.69 Å². The van der Waals surface area contributed by atoms with E-state index in [-0.39, 0.29) is 32.6 Å². The maximum Gasteiger partial charge on any atom is 0.262 e. The number of furan rings is 1. The molecule has 0 unspecified atom stereocenters. The number of aldehydes is 1. The van der Waals surface area contributed by atoms with Gasteiger partial charge in [-0.15, -0.1) is 0 Å². The van der Waals surface area contributed by atoms with Crippen LogP contribution in [-0.4, -0.2) is 23.1 Å². The first kappa shape index (κ1) is 18.8. The monoisotopic (exact) mass is 406 g/mol. The van der Waals surface area contributed by atoms with Crippen molar-refractivity contribution in [3.63, 3.8) is 0 Å². The van der Waals surface area contributed by atoms with Crippen LogP contribution in [0, 0.1) is 0 Å². The highest BCUT2D eigenvalue weighted by Gasteiger charge is 2.21. The zero-order valence-corrected chi connectivity index (χ0v) is 15.3. The summed E-state index contributed by atoms with van der Waals surface area (Å²) in [5.74, 6) is 0.298. The van der Waals surface area contributed by atoms with Crippen LogP contribution in [0.1, 0.15) is 10.6 Å². The number of rotatable bonds is 6. The second-order valence-electron chi connectivity index (χ2n) is 5.49. The highest BCUT2D eigenvalue weighted by Crippen LogP contribution is 2.30. The molecule has 0 aliphatic rings. The van der Waals surface area contributed by atoms with Crippen molar-refractivity contribution in [3.05, 3.63) is 66.4 Å². The number of carbonyl (C=O) groups is 1. The Labute approximate surface area is 155 Å². The number of carbonyl (C=O) groups excluding carboxylic acids is 1. The summed E-state index contributed by atoms with van der Waals surface area (Å²) in [7, 11) is -7.89. The molecule has 0 aliphatic heterocycles. The topological polar surface area (TPSA) is 137 Å². The summed E-state index contributed by atoms with van der Waals surface area (Å²) in [6.45, 7) is 0. The lowest BCUT2D eigenvalue weighted by Crippen LogP contribution is -2.15. The fourth-order valence-electron chi connectivity index (χ4n) is 2.39. The molecule has 140 valence electrons. The quantitative estimate of drug-likeness (QED) is 0.602. The van der Waals surface area contributed by atoms with Crippen molar-refractivity contribution < 1.29 is 26.0 Å². The maximum absolute atomic E-state index is 12.8. The summed E-state index contributed by atoms with van der Waals surface area (Å²) in [5, 5.41) is 5.02. The van der Waals surface area contributed by atoms with Crippen LogP contribution >= 0.6 is 0 Å². The lowest BCUT2D eigenvalue weighted by molar-refractivity contribution is 0.110. The maximum atomic E-state index is 12.8. The highest BCUT2D eigenvalue weighted by atomic mass is 32.2. The Morgan fingerprint density at radius 1 is 0.889 bits per heavy atom. The van der Waals surface area contributed by atoms with Gasteiger partial charge in [0, 0.05) is 11.3 Å². The van der Waals surface area contributed by atoms with Crippen LogP contribution in [-0.2, 0) is 20.0 Å². The first-order valence-electron chi connectivity index (χ1n) is 7.51. The Bertz CT molecular complexity index is 1200. The van der Waals surface area contributed by atoms with Crippen molar-refractivity contribution in [2.45, 2.75) is 9.79 Å². The van der Waals surface area contributed by atoms with E-state index in [1.54, 1.807) is 18.2 Å². The molecule has 3 N–H and O–H groups in total. The Hall–Kier alpha value is -2.95. The molecule has 1 aromatic heterocycles. The van der Waals surface area contributed by atoms with E-state index in [0.29, 0.717) is 6.29 Å². The van der Waals surface area contributed by atoms with E-state index in [9.17, 15) is 21.6 Å². The van der Waals surface area contributed by atoms with Crippen molar-refractivity contribution in [2.75, 3.05) is 4.72 Å². The molecule has 27 heavy (non-hydrogen) atoms. The Morgan fingerprint density at radius 2 is 1.56 bits per heavy atom. The highest BCUT2D eigenvalue weighted by molar-refractivity contribution is 7.92. The molecule has 1 heterocycles. The van der Waals surface area contributed by atoms with Crippen molar-refractivity contribution in [1.29, 1.82) is 0 Å². The molecule has 0 spiro atoms. The number of nitrogens with one attached hydrogen (secondary N) is 1. The van der Waals surface area contributed by atoms with Crippen LogP contribution in [0.2, 0.25) is 0 Å². The van der Waals surface area contributed by atoms with Crippen molar-refractivity contribution in [2.24, 2.45) is 5.14 Å². The predicted molar refractivity (Wildman–Crippen MR) is 98.2 cm³/mol. The summed E-state index contributed by atoms with van der Waals surface area (Å²) >= 11 is 0. The average molecular weight is 406 g/mol. The number of nitrogens with two attached hydrogens (primary N) is 1. The molecule has 0 saturated heterocycles. The minimum Gasteiger partial charge on any atom is -0.453 e. The Morgan fingerprint density at radius 3 is 2.15 bits per heavy atom. The fourth-order valence-corrected chi connectivity index (χ4v) is 4.18. The first-order chi connectivity index (χ1) is 12.7. The summed E-state index contributed by atoms with van der Waals surface area (Å²) in [4.78, 5) is 10.6. The van der Waals surface area contributed by atoms with Gasteiger partial charge in [-0.05, 0) is 48.5 Å². The van der Waals surface area contributed by atoms with E-state index in [4.69, 9.17) is 9.56 Å². The molecule has 0 saturated carbocycles. The van der Waals surface area contributed by atoms with Crippen molar-refractivity contribution in [3.8, 4) is 11.3 Å². The number of anilines is 1. The van der Waals surface area contributed by atoms with E-state index >= 15 is 0 Å². The van der Waals surface area contributed by atoms with Crippen LogP contribution in [0.15, 0.2) is 74.9 Å². The molecule has 0 bridgehead atoms. The van der Waals surface area contributed by atoms with E-state index in [0.717, 1.165) is 0 Å². The number of benzene rings is 2. The van der Waals surface area contributed by atoms with Gasteiger partial charge < -0.3 is 4.42 Å². The second-order valence-corrected chi connectivity index (χ2v) is 8.70. The average Bonchev–Trinajstić information content (AvgIpc) is 3.10. The molecule has 0 fully saturated rings. The van der Waals surface area contributed by atoms with Crippen molar-refractivity contribution >= 4 is 32.0 Å². The molecule has 2 aromatic carbocycles. The third-order valence-corrected chi connectivity index (χ3v) is 5.99. The van der Waals surface area contributed by atoms with Gasteiger partial charge in [-0.2, -0.15) is 0 Å². The number of hydrogen-bond acceptors (Lipinski definition) is 6. The van der Waals surface area contributed by atoms with E-state index in [1.807, 2.05) is 0 Å². The zero-order valence-electron chi connectivity index (χ0n) is 13.7. The lowest BCUT2D eigenvalue weighted by Gasteiger charge is -2.11. The standard InChI is InChI=1S/C17H14N2O6S2/c18-26(21,22)14-8-5-12(6-9-14)19-27(23,24)17-4-2-1-3-15(17)16-10-7-13(11-20)25-16/h1-11,19H,(H2,18,21,22). The Balaban J connectivity index is 1.97. The molecule has 0 radical (unpaired) electrons. The first-order valence-corrected chi connectivity index (χ1v) is 10.5. The van der Waals surface area contributed by atoms with Gasteiger partial charge in [0.2, 0.25) is 10.0 Å². The smallest absolute Gasteiger partial charge is 0.262 e. The molecular weight excluding hydrogens is 392 g/mol. The summed E-state index contributed by atoms with van der Waals surface area (Å²) < 4.78 is 55.8. The molecule has 0 atom stereocenters. The molecule has 0 aliphatic carbocycles. The van der Waals surface area contributed by atoms with Crippen LogP contribution in [0.25, 0.3) is 11.3 Å². The minimum atomic E-state index is -4.02. The number of hydrogen-bond donors (Lipinski definition) is 2. The summed E-state index contributed by atoms with van der Waals surface area (Å²) in [5.41, 5.74) is 0.435. The molecule has 10 heteroatoms. The van der Waals surface area contributed by atoms with Gasteiger partial charge in [0.05, 0.1) is 9.79 Å². The van der Waals surface area contributed by atoms with Crippen LogP contribution in [0.5, 0.6) is 0 Å². The van der Waals surface area contributed by atoms with E-state index in [1.165, 1.54) is 42.5 Å². The predicted octanol–water partition coefficient (Wildman–Crippen LogP) is 2.21. The van der Waals surface area contributed by atoms with Gasteiger partial charge in [0.1, 0.15) is 5.76 Å². The molecule has 8 nitrogen and oxygen atoms in total. The number of primary sulfonamides is 1. The van der Waals surface area contributed by atoms with Crippen LogP contribution in [0.3, 0.4) is 0 Å². The minimum absolute atomic E-state index is 0.0627. The summed E-state index contributed by atoms with van der Waals surface area (Å²) in [6.07, 6.45) is 0.520. The normalized spacial score (nSPS) is 11.9. The van der Waals surface area contributed by atoms with Gasteiger partial charge in [-0.1, -0.05) is 12.1 Å². The molecular formula is C17H14N2O6S2. The SMILES string of the molecule is NS(=O)(=O)c1ccc(NS(=O)(=O)c2ccccc2-c2ccc(C=O)o2)cc1. The lowest BCUT2D eigenvalue weighted by atomic mass is 10.2. The van der Waals surface area contributed by atoms with Crippen LogP contribution < -0.4 is 9.86 Å². The third-order valence-electron chi connectivity index (χ3n) is 3.62. The third kappa shape index (κ3) is 4.08. The molecule has 0 amide bonds. The van der Waals surface area contributed by atoms with Crippen molar-refractivity contribution in [1.82, 2.24) is 0 Å². The van der Waals surface area contributed by atoms with Gasteiger partial charge >= 0.3 is 0 Å². The number of sulfonamides is 2. The largest absolute Gasteiger partial charge is 0.453 e. The van der Waals surface area contributed by atoms with Gasteiger partial charge in [0.25, 0.3) is 10.0 Å². The second kappa shape index (κ2) is 6.99. The fraction of sp³-hybridized carbons (Fsp3) is 0. The summed E-state index contributed by atoms with van der Waals surface area (Å²) in [6, 6.07) is 14.0. The van der Waals surface area contributed by atoms with Gasteiger partial charge in [0.15, 0.2) is 12.0 Å². The molecule has 3 aromatic rings. The Kier molecular flexibility index (Phi) is 4.87. The van der Waals surface area contributed by atoms with E-state index in [2.05, 4.69) is 4.72 Å².